The molecule has 0 N–H and O–H groups in total. The number of rotatable bonds is 2. The quantitative estimate of drug-likeness (QED) is 0.763. The number of hydrogen-bond donors (Lipinski definition) is 0. The van der Waals surface area contributed by atoms with Crippen LogP contribution in [0.1, 0.15) is 45.3 Å². The molecule has 0 aromatic carbocycles. The van der Waals surface area contributed by atoms with Gasteiger partial charge in [0.05, 0.1) is 16.4 Å². The Hall–Kier alpha value is -0.310. The van der Waals surface area contributed by atoms with Crippen LogP contribution in [0.5, 0.6) is 0 Å². The van der Waals surface area contributed by atoms with Gasteiger partial charge in [-0.25, -0.2) is 0 Å². The molecule has 0 aliphatic rings. The highest BCUT2D eigenvalue weighted by molar-refractivity contribution is 9.10. The van der Waals surface area contributed by atoms with E-state index in [9.17, 15) is 0 Å². The summed E-state index contributed by atoms with van der Waals surface area (Å²) >= 11 is 3.50. The maximum atomic E-state index is 4.31. The van der Waals surface area contributed by atoms with Crippen molar-refractivity contribution in [2.75, 3.05) is 0 Å². The largest absolute Gasteiger partial charge is 0.266 e. The van der Waals surface area contributed by atoms with E-state index in [1.807, 2.05) is 6.20 Å². The molecular formula is C9H15BrN2. The van der Waals surface area contributed by atoms with E-state index in [1.54, 1.807) is 0 Å². The van der Waals surface area contributed by atoms with E-state index in [2.05, 4.69) is 53.4 Å². The van der Waals surface area contributed by atoms with Gasteiger partial charge in [-0.05, 0) is 35.7 Å². The standard InChI is InChI=1S/C9H15BrN2/c1-6(2)9-8(10)5-11-12(9)7(3)4/h5-7H,1-4H3. The summed E-state index contributed by atoms with van der Waals surface area (Å²) in [5.74, 6) is 0.518. The first kappa shape index (κ1) is 9.78. The van der Waals surface area contributed by atoms with Crippen molar-refractivity contribution in [3.8, 4) is 0 Å². The molecule has 68 valence electrons. The van der Waals surface area contributed by atoms with Gasteiger partial charge < -0.3 is 0 Å². The van der Waals surface area contributed by atoms with Crippen LogP contribution in [0, 0.1) is 0 Å². The summed E-state index contributed by atoms with van der Waals surface area (Å²) in [5, 5.41) is 4.31. The highest BCUT2D eigenvalue weighted by Gasteiger charge is 2.13. The van der Waals surface area contributed by atoms with Gasteiger partial charge in [-0.15, -0.1) is 0 Å². The minimum absolute atomic E-state index is 0.439. The monoisotopic (exact) mass is 230 g/mol. The molecule has 1 aromatic rings. The Labute approximate surface area is 82.1 Å². The molecule has 2 nitrogen and oxygen atoms in total. The van der Waals surface area contributed by atoms with Crippen LogP contribution in [0.2, 0.25) is 0 Å². The number of hydrogen-bond acceptors (Lipinski definition) is 1. The fourth-order valence-electron chi connectivity index (χ4n) is 1.30. The lowest BCUT2D eigenvalue weighted by Gasteiger charge is -2.13. The second-order valence-electron chi connectivity index (χ2n) is 3.57. The zero-order valence-electron chi connectivity index (χ0n) is 8.00. The van der Waals surface area contributed by atoms with Crippen LogP contribution >= 0.6 is 15.9 Å². The Kier molecular flexibility index (Phi) is 2.94. The Bertz CT molecular complexity index is 263. The molecular weight excluding hydrogens is 216 g/mol. The van der Waals surface area contributed by atoms with Crippen LogP contribution in [0.3, 0.4) is 0 Å². The van der Waals surface area contributed by atoms with Crippen molar-refractivity contribution < 1.29 is 0 Å². The van der Waals surface area contributed by atoms with Gasteiger partial charge in [-0.1, -0.05) is 13.8 Å². The first-order chi connectivity index (χ1) is 5.54. The molecule has 0 bridgehead atoms. The van der Waals surface area contributed by atoms with Crippen LogP contribution in [-0.4, -0.2) is 9.78 Å². The summed E-state index contributed by atoms with van der Waals surface area (Å²) in [6.45, 7) is 8.65. The minimum atomic E-state index is 0.439. The summed E-state index contributed by atoms with van der Waals surface area (Å²) in [6, 6.07) is 0.439. The normalized spacial score (nSPS) is 11.6. The van der Waals surface area contributed by atoms with Gasteiger partial charge in [0.1, 0.15) is 0 Å². The SMILES string of the molecule is CC(C)c1c(Br)cnn1C(C)C. The van der Waals surface area contributed by atoms with Crippen LogP contribution in [-0.2, 0) is 0 Å². The van der Waals surface area contributed by atoms with Gasteiger partial charge in [0.2, 0.25) is 0 Å². The molecule has 1 heterocycles. The van der Waals surface area contributed by atoms with Crippen LogP contribution in [0.4, 0.5) is 0 Å². The molecule has 0 saturated carbocycles. The van der Waals surface area contributed by atoms with E-state index in [4.69, 9.17) is 0 Å². The third kappa shape index (κ3) is 1.71. The Morgan fingerprint density at radius 1 is 1.33 bits per heavy atom. The summed E-state index contributed by atoms with van der Waals surface area (Å²) in [5.41, 5.74) is 1.28. The van der Waals surface area contributed by atoms with Crippen LogP contribution < -0.4 is 0 Å². The molecule has 0 saturated heterocycles. The fourth-order valence-corrected chi connectivity index (χ4v) is 2.03. The number of halogens is 1. The van der Waals surface area contributed by atoms with Crippen molar-refractivity contribution in [3.63, 3.8) is 0 Å². The third-order valence-electron chi connectivity index (χ3n) is 1.82. The first-order valence-corrected chi connectivity index (χ1v) is 5.06. The number of nitrogens with zero attached hydrogens (tertiary/aromatic N) is 2. The maximum absolute atomic E-state index is 4.31. The molecule has 0 aliphatic heterocycles. The lowest BCUT2D eigenvalue weighted by atomic mass is 10.1. The average molecular weight is 231 g/mol. The summed E-state index contributed by atoms with van der Waals surface area (Å²) in [7, 11) is 0. The molecule has 12 heavy (non-hydrogen) atoms. The number of aromatic nitrogens is 2. The molecule has 0 aliphatic carbocycles. The van der Waals surface area contributed by atoms with Crippen molar-refractivity contribution >= 4 is 15.9 Å². The highest BCUT2D eigenvalue weighted by atomic mass is 79.9. The molecule has 0 amide bonds. The van der Waals surface area contributed by atoms with E-state index in [0.29, 0.717) is 12.0 Å². The second kappa shape index (κ2) is 3.60. The summed E-state index contributed by atoms with van der Waals surface area (Å²) < 4.78 is 3.18. The predicted octanol–water partition coefficient (Wildman–Crippen LogP) is 3.35. The Morgan fingerprint density at radius 2 is 1.92 bits per heavy atom. The van der Waals surface area contributed by atoms with Crippen molar-refractivity contribution in [1.82, 2.24) is 9.78 Å². The van der Waals surface area contributed by atoms with Gasteiger partial charge >= 0.3 is 0 Å². The third-order valence-corrected chi connectivity index (χ3v) is 2.43. The molecule has 0 spiro atoms. The topological polar surface area (TPSA) is 17.8 Å². The minimum Gasteiger partial charge on any atom is -0.266 e. The van der Waals surface area contributed by atoms with E-state index < -0.39 is 0 Å². The predicted molar refractivity (Wildman–Crippen MR) is 54.4 cm³/mol. The molecule has 0 atom stereocenters. The van der Waals surface area contributed by atoms with Gasteiger partial charge in [0.25, 0.3) is 0 Å². The van der Waals surface area contributed by atoms with Gasteiger partial charge in [0.15, 0.2) is 0 Å². The Morgan fingerprint density at radius 3 is 2.25 bits per heavy atom. The zero-order chi connectivity index (χ0) is 9.30. The molecule has 0 radical (unpaired) electrons. The highest BCUT2D eigenvalue weighted by Crippen LogP contribution is 2.26. The van der Waals surface area contributed by atoms with Crippen molar-refractivity contribution in [1.29, 1.82) is 0 Å². The van der Waals surface area contributed by atoms with Gasteiger partial charge in [-0.3, -0.25) is 4.68 Å². The summed E-state index contributed by atoms with van der Waals surface area (Å²) in [6.07, 6.45) is 1.87. The van der Waals surface area contributed by atoms with E-state index in [1.165, 1.54) is 5.69 Å². The van der Waals surface area contributed by atoms with Gasteiger partial charge in [0, 0.05) is 6.04 Å². The van der Waals surface area contributed by atoms with Crippen LogP contribution in [0.25, 0.3) is 0 Å². The molecule has 0 fully saturated rings. The average Bonchev–Trinajstić information content (AvgIpc) is 2.30. The fraction of sp³-hybridized carbons (Fsp3) is 0.667. The zero-order valence-corrected chi connectivity index (χ0v) is 9.59. The van der Waals surface area contributed by atoms with E-state index >= 15 is 0 Å². The van der Waals surface area contributed by atoms with Crippen LogP contribution in [0.15, 0.2) is 10.7 Å². The molecule has 3 heteroatoms. The van der Waals surface area contributed by atoms with Crippen molar-refractivity contribution in [2.24, 2.45) is 0 Å². The second-order valence-corrected chi connectivity index (χ2v) is 4.43. The molecule has 1 aromatic heterocycles. The molecule has 0 unspecified atom stereocenters. The summed E-state index contributed by atoms with van der Waals surface area (Å²) in [4.78, 5) is 0. The van der Waals surface area contributed by atoms with E-state index in [-0.39, 0.29) is 0 Å². The van der Waals surface area contributed by atoms with Gasteiger partial charge in [-0.2, -0.15) is 5.10 Å². The Balaban J connectivity index is 3.12. The smallest absolute Gasteiger partial charge is 0.0635 e. The van der Waals surface area contributed by atoms with Crippen molar-refractivity contribution in [3.05, 3.63) is 16.4 Å². The molecule has 1 rings (SSSR count). The lowest BCUT2D eigenvalue weighted by Crippen LogP contribution is -2.08. The van der Waals surface area contributed by atoms with E-state index in [0.717, 1.165) is 4.47 Å². The van der Waals surface area contributed by atoms with Crippen molar-refractivity contribution in [2.45, 2.75) is 39.7 Å². The lowest BCUT2D eigenvalue weighted by molar-refractivity contribution is 0.497. The maximum Gasteiger partial charge on any atom is 0.0635 e. The first-order valence-electron chi connectivity index (χ1n) is 4.27.